The zero-order valence-electron chi connectivity index (χ0n) is 55.3. The number of carboxylic acid groups (broad SMARTS) is 1. The lowest BCUT2D eigenvalue weighted by molar-refractivity contribution is -0.153. The van der Waals surface area contributed by atoms with E-state index in [4.69, 9.17) is 65.5 Å². The third-order valence-electron chi connectivity index (χ3n) is 12.8. The molecule has 1 rings (SSSR count). The first-order valence-electron chi connectivity index (χ1n) is 29.6. The number of methoxy groups -OCH3 is 4. The van der Waals surface area contributed by atoms with E-state index >= 15 is 0 Å². The number of hydrogen-bond donors (Lipinski definition) is 13. The summed E-state index contributed by atoms with van der Waals surface area (Å²) in [6, 6.07) is 0. The molecule has 1 saturated heterocycles. The molecule has 0 aromatic heterocycles. The number of cyclic esters (lactones) is 2. The van der Waals surface area contributed by atoms with Crippen LogP contribution in [0.25, 0.3) is 0 Å². The second-order valence-corrected chi connectivity index (χ2v) is 23.9. The molecule has 0 bridgehead atoms. The van der Waals surface area contributed by atoms with Crippen molar-refractivity contribution in [2.45, 2.75) is 150 Å². The van der Waals surface area contributed by atoms with Crippen molar-refractivity contribution >= 4 is 87.3 Å². The van der Waals surface area contributed by atoms with E-state index in [0.717, 1.165) is 0 Å². The maximum Gasteiger partial charge on any atom is 0.314 e. The van der Waals surface area contributed by atoms with Gasteiger partial charge >= 0.3 is 47.8 Å². The molecule has 0 spiro atoms. The molecular weight excluding hydrogens is 1270 g/mol. The number of aliphatic hydroxyl groups is 7. The van der Waals surface area contributed by atoms with Gasteiger partial charge in [0.25, 0.3) is 0 Å². The van der Waals surface area contributed by atoms with E-state index in [0.29, 0.717) is 64.3 Å². The summed E-state index contributed by atoms with van der Waals surface area (Å²) in [5, 5.41) is 79.1. The fraction of sp³-hybridized carbons (Fsp3) is 0.797. The highest BCUT2D eigenvalue weighted by atomic mass is 79.9. The van der Waals surface area contributed by atoms with E-state index in [1.54, 1.807) is 55.4 Å². The Kier molecular flexibility index (Phi) is 56.2. The Morgan fingerprint density at radius 1 is 0.473 bits per heavy atom. The first-order chi connectivity index (χ1) is 42.5. The molecule has 91 heavy (non-hydrogen) atoms. The molecule has 532 valence electrons. The summed E-state index contributed by atoms with van der Waals surface area (Å²) in [5.41, 5.74) is 1.67. The maximum atomic E-state index is 12.2. The minimum Gasteiger partial charge on any atom is -0.481 e. The number of carboxylic acids is 1. The number of aliphatic carboxylic acids is 1. The molecule has 1 aliphatic rings. The number of ether oxygens (including phenoxy) is 6. The minimum atomic E-state index is -1.08. The highest BCUT2D eigenvalue weighted by molar-refractivity contribution is 9.10. The maximum absolute atomic E-state index is 12.2. The quantitative estimate of drug-likeness (QED) is 0.0126. The molecule has 14 N–H and O–H groups in total. The van der Waals surface area contributed by atoms with Crippen LogP contribution in [0, 0.1) is 39.4 Å². The molecule has 4 amide bonds. The molecule has 4 atom stereocenters. The minimum absolute atomic E-state index is 0.00241. The lowest BCUT2D eigenvalue weighted by Gasteiger charge is -2.26. The Morgan fingerprint density at radius 3 is 1.00 bits per heavy atom. The molecular formula is C59H108BrN5O26. The van der Waals surface area contributed by atoms with Crippen LogP contribution in [0.3, 0.4) is 0 Å². The number of esters is 7. The van der Waals surface area contributed by atoms with Gasteiger partial charge < -0.3 is 96.3 Å². The second-order valence-electron chi connectivity index (χ2n) is 22.8. The van der Waals surface area contributed by atoms with E-state index < -0.39 is 62.3 Å². The number of amides is 4. The topological polar surface area (TPSA) is 496 Å². The summed E-state index contributed by atoms with van der Waals surface area (Å²) in [6.45, 7) is 14.4. The number of nitrogens with two attached hydrogens (primary N) is 1. The summed E-state index contributed by atoms with van der Waals surface area (Å²) in [6.07, 6.45) is 4.01. The van der Waals surface area contributed by atoms with Crippen molar-refractivity contribution in [1.82, 2.24) is 21.3 Å². The van der Waals surface area contributed by atoms with Gasteiger partial charge in [-0.15, -0.1) is 0 Å². The number of aliphatic hydroxyl groups excluding tert-OH is 7. The molecule has 32 heteroatoms. The van der Waals surface area contributed by atoms with Crippen molar-refractivity contribution in [3.8, 4) is 0 Å². The smallest absolute Gasteiger partial charge is 0.314 e. The van der Waals surface area contributed by atoms with E-state index in [-0.39, 0.29) is 165 Å². The highest BCUT2D eigenvalue weighted by Crippen LogP contribution is 2.32. The lowest BCUT2D eigenvalue weighted by atomic mass is 9.80. The van der Waals surface area contributed by atoms with Crippen LogP contribution in [-0.2, 0) is 86.0 Å². The van der Waals surface area contributed by atoms with Crippen LogP contribution in [-0.4, -0.2) is 231 Å². The normalized spacial score (nSPS) is 13.0. The van der Waals surface area contributed by atoms with Crippen molar-refractivity contribution in [2.75, 3.05) is 114 Å². The van der Waals surface area contributed by atoms with Gasteiger partial charge in [-0.2, -0.15) is 0 Å². The van der Waals surface area contributed by atoms with E-state index in [9.17, 15) is 57.5 Å². The highest BCUT2D eigenvalue weighted by Gasteiger charge is 2.38. The van der Waals surface area contributed by atoms with Gasteiger partial charge in [-0.05, 0) is 120 Å². The summed E-state index contributed by atoms with van der Waals surface area (Å²) in [5.74, 6) is -6.24. The van der Waals surface area contributed by atoms with Gasteiger partial charge in [0.2, 0.25) is 23.6 Å². The monoisotopic (exact) mass is 1380 g/mol. The Bertz CT molecular complexity index is 2060. The van der Waals surface area contributed by atoms with Gasteiger partial charge in [-0.3, -0.25) is 57.5 Å². The lowest BCUT2D eigenvalue weighted by Crippen LogP contribution is -2.38. The SMILES string of the molecule is COC(=O)C(C)(C)CC(Br)C(=O)NCCO.COC(=O)C(C)(C)CC(CCCO)C(=O)NCCO.COC(=O)C(C)(C)CC(CCCO)C(=O)NCCO.COC(=O)C(C)(C)CC(CCCOC(=O)CCC(=O)O)C(=O)NCCO.NCCO.O=C1CCC(=O)O1. The van der Waals surface area contributed by atoms with Crippen LogP contribution in [0.15, 0.2) is 0 Å². The molecule has 1 fully saturated rings. The number of carbonyl (C=O) groups excluding carboxylic acids is 11. The number of nitrogens with one attached hydrogen (secondary N) is 4. The number of alkyl halides is 1. The largest absolute Gasteiger partial charge is 0.481 e. The third-order valence-corrected chi connectivity index (χ3v) is 13.5. The van der Waals surface area contributed by atoms with E-state index in [1.807, 2.05) is 0 Å². The zero-order valence-corrected chi connectivity index (χ0v) is 56.9. The third kappa shape index (κ3) is 48.4. The van der Waals surface area contributed by atoms with E-state index in [1.165, 1.54) is 28.4 Å². The Hall–Kier alpha value is -6.00. The zero-order chi connectivity index (χ0) is 71.4. The molecule has 1 heterocycles. The van der Waals surface area contributed by atoms with Gasteiger partial charge in [0, 0.05) is 63.7 Å². The number of carbonyl (C=O) groups is 12. The average Bonchev–Trinajstić information content (AvgIpc) is 2.55. The Morgan fingerprint density at radius 2 is 0.758 bits per heavy atom. The Labute approximate surface area is 542 Å². The first-order valence-corrected chi connectivity index (χ1v) is 30.5. The van der Waals surface area contributed by atoms with Crippen LogP contribution in [0.5, 0.6) is 0 Å². The van der Waals surface area contributed by atoms with Crippen LogP contribution in [0.1, 0.15) is 145 Å². The van der Waals surface area contributed by atoms with Crippen LogP contribution in [0.2, 0.25) is 0 Å². The standard InChI is InChI=1S/C17H29NO8.2C13H25NO5.C10H18BrNO4.C4H4O3.C2H7NO/c1-17(2,16(24)25-3)11-12(15(23)18-8-9-19)5-4-10-26-14(22)7-6-13(20)21;2*1-13(2,12(18)19-3)9-10(5-4-7-15)11(17)14-6-8-16;1-10(2,9(15)16-3)6-7(11)8(14)12-4-5-13;5-3-1-2-4(6)7-3;3-1-2-4/h12,19H,4-11H2,1-3H3,(H,18,23)(H,20,21);2*10,15-16H,4-9H2,1-3H3,(H,14,17);7,13H,4-6H2,1-3H3,(H,12,14);1-2H2;4H,1-3H2. The summed E-state index contributed by atoms with van der Waals surface area (Å²) in [4.78, 5) is 135. The number of halogens is 1. The summed E-state index contributed by atoms with van der Waals surface area (Å²) in [7, 11) is 5.23. The molecule has 0 aliphatic carbocycles. The molecule has 31 nitrogen and oxygen atoms in total. The van der Waals surface area contributed by atoms with Crippen molar-refractivity contribution in [2.24, 2.45) is 45.1 Å². The summed E-state index contributed by atoms with van der Waals surface area (Å²) < 4.78 is 27.9. The first kappa shape index (κ1) is 93.7. The summed E-state index contributed by atoms with van der Waals surface area (Å²) >= 11 is 3.21. The molecule has 0 aromatic rings. The van der Waals surface area contributed by atoms with Gasteiger partial charge in [-0.25, -0.2) is 0 Å². The van der Waals surface area contributed by atoms with Crippen molar-refractivity contribution in [1.29, 1.82) is 0 Å². The fourth-order valence-corrected chi connectivity index (χ4v) is 8.94. The van der Waals surface area contributed by atoms with Gasteiger partial charge in [0.05, 0.1) is 120 Å². The number of rotatable bonds is 38. The molecule has 0 aromatic carbocycles. The molecule has 1 aliphatic heterocycles. The number of hydrogen-bond acceptors (Lipinski definition) is 26. The molecule has 0 saturated carbocycles. The predicted octanol–water partition coefficient (Wildman–Crippen LogP) is -0.131. The van der Waals surface area contributed by atoms with Crippen molar-refractivity contribution in [3.05, 3.63) is 0 Å². The van der Waals surface area contributed by atoms with Gasteiger partial charge in [0.1, 0.15) is 0 Å². The predicted molar refractivity (Wildman–Crippen MR) is 331 cm³/mol. The van der Waals surface area contributed by atoms with Gasteiger partial charge in [-0.1, -0.05) is 15.9 Å². The molecule has 4 unspecified atom stereocenters. The van der Waals surface area contributed by atoms with Crippen molar-refractivity contribution < 1.29 is 127 Å². The second kappa shape index (κ2) is 54.5. The fourth-order valence-electron chi connectivity index (χ4n) is 7.97. The van der Waals surface area contributed by atoms with Crippen molar-refractivity contribution in [3.63, 3.8) is 0 Å². The van der Waals surface area contributed by atoms with Crippen LogP contribution < -0.4 is 27.0 Å². The Balaban J connectivity index is -0.000000345. The molecule has 0 radical (unpaired) electrons. The van der Waals surface area contributed by atoms with Crippen LogP contribution >= 0.6 is 15.9 Å². The average molecular weight is 1380 g/mol. The van der Waals surface area contributed by atoms with E-state index in [2.05, 4.69) is 46.7 Å². The van der Waals surface area contributed by atoms with Gasteiger partial charge in [0.15, 0.2) is 0 Å². The van der Waals surface area contributed by atoms with Crippen LogP contribution in [0.4, 0.5) is 0 Å².